The van der Waals surface area contributed by atoms with Crippen LogP contribution in [0.1, 0.15) is 61.3 Å². The van der Waals surface area contributed by atoms with Crippen molar-refractivity contribution in [1.82, 2.24) is 20.3 Å². The SMILES string of the molecule is C=CC1C[C@]1(NC(=O)C1[C@@H](C)CCN1C(=O)C(NC(=O)OC(C)(C)C)C(C)(C)C)C(=O)NS(=O)(=O)c1ccccc1. The molecule has 3 rings (SSSR count). The molecule has 41 heavy (non-hydrogen) atoms. The summed E-state index contributed by atoms with van der Waals surface area (Å²) in [5.74, 6) is -2.65. The Morgan fingerprint density at radius 3 is 2.22 bits per heavy atom. The summed E-state index contributed by atoms with van der Waals surface area (Å²) in [5, 5.41) is 5.43. The molecule has 1 aromatic carbocycles. The molecule has 2 fully saturated rings. The van der Waals surface area contributed by atoms with E-state index in [1.807, 2.05) is 6.92 Å². The fraction of sp³-hybridized carbons (Fsp3) is 0.586. The second-order valence-corrected chi connectivity index (χ2v) is 14.6. The number of hydrogen-bond acceptors (Lipinski definition) is 7. The number of amides is 4. The molecule has 11 nitrogen and oxygen atoms in total. The van der Waals surface area contributed by atoms with E-state index in [4.69, 9.17) is 4.74 Å². The van der Waals surface area contributed by atoms with Crippen molar-refractivity contribution in [2.45, 2.75) is 89.4 Å². The van der Waals surface area contributed by atoms with Crippen molar-refractivity contribution in [3.05, 3.63) is 43.0 Å². The lowest BCUT2D eigenvalue weighted by Crippen LogP contribution is -2.61. The normalized spacial score (nSPS) is 25.0. The molecule has 0 radical (unpaired) electrons. The Kier molecular flexibility index (Phi) is 8.98. The van der Waals surface area contributed by atoms with Gasteiger partial charge in [-0.15, -0.1) is 6.58 Å². The van der Waals surface area contributed by atoms with Gasteiger partial charge in [0.25, 0.3) is 15.9 Å². The molecule has 0 aromatic heterocycles. The van der Waals surface area contributed by atoms with Gasteiger partial charge in [-0.25, -0.2) is 17.9 Å². The van der Waals surface area contributed by atoms with Gasteiger partial charge < -0.3 is 20.3 Å². The van der Waals surface area contributed by atoms with E-state index in [-0.39, 0.29) is 23.8 Å². The van der Waals surface area contributed by atoms with Crippen molar-refractivity contribution in [2.24, 2.45) is 17.3 Å². The zero-order valence-electron chi connectivity index (χ0n) is 24.8. The minimum atomic E-state index is -4.18. The standard InChI is InChI=1S/C29H42N4O7S/c1-9-19-17-29(19,25(36)32-41(38,39)20-13-11-10-12-14-20)31-23(34)21-18(2)15-16-33(21)24(35)22(27(3,4)5)30-26(37)40-28(6,7)8/h9-14,18-19,21-22H,1,15-17H2,2-8H3,(H,30,37)(H,31,34)(H,32,36)/t18-,19?,21?,22?,29+/m0/s1. The monoisotopic (exact) mass is 590 g/mol. The van der Waals surface area contributed by atoms with Gasteiger partial charge in [0.2, 0.25) is 11.8 Å². The summed E-state index contributed by atoms with van der Waals surface area (Å²) < 4.78 is 33.1. The van der Waals surface area contributed by atoms with Crippen LogP contribution in [0.3, 0.4) is 0 Å². The van der Waals surface area contributed by atoms with E-state index in [1.165, 1.54) is 35.2 Å². The number of ether oxygens (including phenoxy) is 1. The molecule has 12 heteroatoms. The lowest BCUT2D eigenvalue weighted by Gasteiger charge is -2.36. The molecule has 3 N–H and O–H groups in total. The smallest absolute Gasteiger partial charge is 0.408 e. The van der Waals surface area contributed by atoms with Gasteiger partial charge in [-0.1, -0.05) is 52.0 Å². The maximum atomic E-state index is 13.8. The maximum absolute atomic E-state index is 13.8. The Morgan fingerprint density at radius 2 is 1.71 bits per heavy atom. The molecule has 4 amide bonds. The van der Waals surface area contributed by atoms with Crippen LogP contribution in [0.4, 0.5) is 4.79 Å². The molecule has 1 saturated heterocycles. The van der Waals surface area contributed by atoms with Crippen LogP contribution < -0.4 is 15.4 Å². The largest absolute Gasteiger partial charge is 0.444 e. The first-order valence-electron chi connectivity index (χ1n) is 13.7. The molecular weight excluding hydrogens is 548 g/mol. The predicted molar refractivity (Wildman–Crippen MR) is 153 cm³/mol. The van der Waals surface area contributed by atoms with Crippen LogP contribution in [0.2, 0.25) is 0 Å². The van der Waals surface area contributed by atoms with Crippen LogP contribution in [0.15, 0.2) is 47.9 Å². The number of sulfonamides is 1. The molecule has 5 atom stereocenters. The summed E-state index contributed by atoms with van der Waals surface area (Å²) in [4.78, 5) is 54.8. The zero-order valence-corrected chi connectivity index (χ0v) is 25.6. The molecule has 0 bridgehead atoms. The van der Waals surface area contributed by atoms with E-state index in [0.717, 1.165) is 0 Å². The maximum Gasteiger partial charge on any atom is 0.408 e. The summed E-state index contributed by atoms with van der Waals surface area (Å²) in [5.41, 5.74) is -3.00. The van der Waals surface area contributed by atoms with Gasteiger partial charge in [-0.05, 0) is 57.1 Å². The Hall–Kier alpha value is -3.41. The molecule has 1 aliphatic carbocycles. The van der Waals surface area contributed by atoms with Gasteiger partial charge in [0, 0.05) is 12.5 Å². The molecule has 226 valence electrons. The highest BCUT2D eigenvalue weighted by Crippen LogP contribution is 2.45. The van der Waals surface area contributed by atoms with Crippen LogP contribution in [0, 0.1) is 17.3 Å². The van der Waals surface area contributed by atoms with Crippen LogP contribution in [-0.4, -0.2) is 66.9 Å². The number of hydrogen-bond donors (Lipinski definition) is 3. The van der Waals surface area contributed by atoms with Crippen molar-refractivity contribution in [1.29, 1.82) is 0 Å². The summed E-state index contributed by atoms with van der Waals surface area (Å²) >= 11 is 0. The number of alkyl carbamates (subject to hydrolysis) is 1. The van der Waals surface area contributed by atoms with Crippen LogP contribution in [0.5, 0.6) is 0 Å². The van der Waals surface area contributed by atoms with Crippen LogP contribution in [0.25, 0.3) is 0 Å². The fourth-order valence-electron chi connectivity index (χ4n) is 5.03. The average molecular weight is 591 g/mol. The minimum Gasteiger partial charge on any atom is -0.444 e. The van der Waals surface area contributed by atoms with Gasteiger partial charge in [0.1, 0.15) is 23.2 Å². The average Bonchev–Trinajstić information content (AvgIpc) is 3.43. The first-order chi connectivity index (χ1) is 18.8. The number of likely N-dealkylation sites (tertiary alicyclic amines) is 1. The third kappa shape index (κ3) is 7.27. The molecule has 1 aromatic rings. The summed E-state index contributed by atoms with van der Waals surface area (Å²) in [7, 11) is -4.18. The summed E-state index contributed by atoms with van der Waals surface area (Å²) in [6.45, 7) is 16.4. The first-order valence-corrected chi connectivity index (χ1v) is 15.2. The Balaban J connectivity index is 1.82. The Morgan fingerprint density at radius 1 is 1.10 bits per heavy atom. The lowest BCUT2D eigenvalue weighted by atomic mass is 9.85. The van der Waals surface area contributed by atoms with E-state index >= 15 is 0 Å². The van der Waals surface area contributed by atoms with Crippen molar-refractivity contribution < 1.29 is 32.3 Å². The van der Waals surface area contributed by atoms with E-state index in [0.29, 0.717) is 6.42 Å². The number of benzene rings is 1. The highest BCUT2D eigenvalue weighted by Gasteiger charge is 2.61. The molecule has 1 heterocycles. The van der Waals surface area contributed by atoms with Crippen LogP contribution in [-0.2, 0) is 29.1 Å². The third-order valence-electron chi connectivity index (χ3n) is 7.36. The molecule has 0 spiro atoms. The number of nitrogens with one attached hydrogen (secondary N) is 3. The van der Waals surface area contributed by atoms with Crippen molar-refractivity contribution in [2.75, 3.05) is 6.54 Å². The molecular formula is C29H42N4O7S. The highest BCUT2D eigenvalue weighted by atomic mass is 32.2. The lowest BCUT2D eigenvalue weighted by molar-refractivity contribution is -0.143. The van der Waals surface area contributed by atoms with Crippen molar-refractivity contribution in [3.63, 3.8) is 0 Å². The second kappa shape index (κ2) is 11.5. The van der Waals surface area contributed by atoms with E-state index in [2.05, 4.69) is 21.9 Å². The van der Waals surface area contributed by atoms with E-state index in [1.54, 1.807) is 47.6 Å². The Bertz CT molecular complexity index is 1300. The van der Waals surface area contributed by atoms with E-state index in [9.17, 15) is 27.6 Å². The number of nitrogens with zero attached hydrogens (tertiary/aromatic N) is 1. The van der Waals surface area contributed by atoms with Crippen LogP contribution >= 0.6 is 0 Å². The molecule has 1 aliphatic heterocycles. The topological polar surface area (TPSA) is 151 Å². The first kappa shape index (κ1) is 32.1. The fourth-order valence-corrected chi connectivity index (χ4v) is 6.09. The molecule has 2 aliphatic rings. The van der Waals surface area contributed by atoms with Gasteiger partial charge >= 0.3 is 6.09 Å². The number of carbonyl (C=O) groups excluding carboxylic acids is 4. The van der Waals surface area contributed by atoms with Gasteiger partial charge in [-0.2, -0.15) is 0 Å². The Labute approximate surface area is 242 Å². The quantitative estimate of drug-likeness (QED) is 0.394. The second-order valence-electron chi connectivity index (χ2n) is 12.9. The summed E-state index contributed by atoms with van der Waals surface area (Å²) in [6, 6.07) is 5.52. The van der Waals surface area contributed by atoms with E-state index < -0.39 is 68.4 Å². The van der Waals surface area contributed by atoms with Gasteiger partial charge in [0.15, 0.2) is 0 Å². The summed E-state index contributed by atoms with van der Waals surface area (Å²) in [6.07, 6.45) is 1.44. The van der Waals surface area contributed by atoms with Crippen molar-refractivity contribution in [3.8, 4) is 0 Å². The van der Waals surface area contributed by atoms with Crippen molar-refractivity contribution >= 4 is 33.8 Å². The highest BCUT2D eigenvalue weighted by molar-refractivity contribution is 7.90. The third-order valence-corrected chi connectivity index (χ3v) is 8.70. The molecule has 1 saturated carbocycles. The van der Waals surface area contributed by atoms with Gasteiger partial charge in [0.05, 0.1) is 4.90 Å². The molecule has 3 unspecified atom stereocenters. The minimum absolute atomic E-state index is 0.0856. The number of carbonyl (C=O) groups is 4. The number of rotatable bonds is 8. The predicted octanol–water partition coefficient (Wildman–Crippen LogP) is 2.73. The van der Waals surface area contributed by atoms with Gasteiger partial charge in [-0.3, -0.25) is 14.4 Å². The zero-order chi connectivity index (χ0) is 31.0.